The highest BCUT2D eigenvalue weighted by Gasteiger charge is 2.93. The van der Waals surface area contributed by atoms with Crippen LogP contribution in [0.3, 0.4) is 0 Å². The monoisotopic (exact) mass is 644 g/mol. The van der Waals surface area contributed by atoms with Gasteiger partial charge in [-0.05, 0) is 12.1 Å². The number of nitrogens with zero attached hydrogens (tertiary/aromatic N) is 1. The highest BCUT2D eigenvalue weighted by Crippen LogP contribution is 2.62. The third-order valence-electron chi connectivity index (χ3n) is 4.24. The zero-order valence-electron chi connectivity index (χ0n) is 17.9. The summed E-state index contributed by atoms with van der Waals surface area (Å²) < 4.78 is 227. The van der Waals surface area contributed by atoms with E-state index in [1.165, 1.54) is 0 Å². The fraction of sp³-hybridized carbons (Fsp3) is 0.533. The highest BCUT2D eigenvalue weighted by molar-refractivity contribution is 7.85. The molecule has 0 heterocycles. The van der Waals surface area contributed by atoms with Crippen LogP contribution in [0.2, 0.25) is 0 Å². The van der Waals surface area contributed by atoms with Crippen LogP contribution in [0.4, 0.5) is 76.3 Å². The summed E-state index contributed by atoms with van der Waals surface area (Å²) in [7, 11) is -5.56. The number of rotatable bonds is 11. The van der Waals surface area contributed by atoms with Gasteiger partial charge in [0.2, 0.25) is 0 Å². The first-order chi connectivity index (χ1) is 17.5. The van der Waals surface area contributed by atoms with Crippen LogP contribution in [0.1, 0.15) is 0 Å². The van der Waals surface area contributed by atoms with Crippen molar-refractivity contribution in [1.82, 2.24) is 4.72 Å². The molecule has 0 saturated heterocycles. The smallest absolute Gasteiger partial charge is 0.442 e. The first kappa shape index (κ1) is 34.6. The maximum absolute atomic E-state index is 13.6. The quantitative estimate of drug-likeness (QED) is 0.197. The second kappa shape index (κ2) is 10.2. The van der Waals surface area contributed by atoms with Crippen molar-refractivity contribution in [3.63, 3.8) is 0 Å². The van der Waals surface area contributed by atoms with Crippen molar-refractivity contribution in [3.8, 4) is 5.75 Å². The number of benzene rings is 1. The molecule has 9 nitrogen and oxygen atoms in total. The summed E-state index contributed by atoms with van der Waals surface area (Å²) in [5, 5.41) is 10.5. The zero-order valence-corrected chi connectivity index (χ0v) is 18.7. The van der Waals surface area contributed by atoms with Gasteiger partial charge in [-0.3, -0.25) is 10.1 Å². The van der Waals surface area contributed by atoms with Gasteiger partial charge >= 0.3 is 58.1 Å². The Labute approximate surface area is 209 Å². The van der Waals surface area contributed by atoms with Crippen LogP contribution in [0.25, 0.3) is 0 Å². The summed E-state index contributed by atoms with van der Waals surface area (Å²) in [5.41, 5.74) is -0.637. The molecular weight excluding hydrogens is 637 g/mol. The Kier molecular flexibility index (Phi) is 8.83. The van der Waals surface area contributed by atoms with Crippen molar-refractivity contribution in [3.05, 3.63) is 34.4 Å². The largest absolute Gasteiger partial charge is 0.460 e. The number of nitrogens with one attached hydrogen (secondary N) is 1. The van der Waals surface area contributed by atoms with Gasteiger partial charge in [0, 0.05) is 12.1 Å². The van der Waals surface area contributed by atoms with Gasteiger partial charge in [-0.1, -0.05) is 0 Å². The summed E-state index contributed by atoms with van der Waals surface area (Å²) >= 11 is 0. The Morgan fingerprint density at radius 3 is 1.55 bits per heavy atom. The number of carbonyl (C=O) groups is 1. The molecule has 25 heteroatoms. The number of non-ortho nitro benzene ring substituents is 1. The molecular formula is C15H7F15N2O7S. The van der Waals surface area contributed by atoms with Crippen LogP contribution in [0, 0.1) is 10.1 Å². The lowest BCUT2D eigenvalue weighted by Gasteiger charge is -2.41. The molecule has 230 valence electrons. The Balaban J connectivity index is 3.12. The van der Waals surface area contributed by atoms with Crippen LogP contribution < -0.4 is 8.91 Å². The maximum Gasteiger partial charge on any atom is 0.460 e. The topological polar surface area (TPSA) is 125 Å². The van der Waals surface area contributed by atoms with Gasteiger partial charge in [-0.15, -0.1) is 0 Å². The molecule has 0 atom stereocenters. The molecule has 40 heavy (non-hydrogen) atoms. The number of hydrogen-bond donors (Lipinski definition) is 1. The molecule has 0 spiro atoms. The normalized spacial score (nSPS) is 14.5. The summed E-state index contributed by atoms with van der Waals surface area (Å²) in [6.45, 7) is -3.59. The van der Waals surface area contributed by atoms with Gasteiger partial charge in [-0.2, -0.15) is 79.0 Å². The van der Waals surface area contributed by atoms with Gasteiger partial charge < -0.3 is 8.92 Å². The lowest BCUT2D eigenvalue weighted by atomic mass is 9.91. The van der Waals surface area contributed by atoms with Crippen LogP contribution >= 0.6 is 0 Å². The Morgan fingerprint density at radius 2 is 1.15 bits per heavy atom. The molecule has 0 aliphatic carbocycles. The molecule has 1 aromatic rings. The molecule has 1 amide bonds. The molecule has 0 radical (unpaired) electrons. The molecule has 0 aliphatic rings. The van der Waals surface area contributed by atoms with E-state index in [2.05, 4.69) is 8.92 Å². The minimum Gasteiger partial charge on any atom is -0.442 e. The number of nitro groups is 1. The second-order valence-electron chi connectivity index (χ2n) is 7.04. The van der Waals surface area contributed by atoms with E-state index >= 15 is 0 Å². The van der Waals surface area contributed by atoms with Gasteiger partial charge in [0.15, 0.2) is 6.61 Å². The lowest BCUT2D eigenvalue weighted by molar-refractivity contribution is -0.453. The van der Waals surface area contributed by atoms with E-state index < -0.39 is 81.1 Å². The van der Waals surface area contributed by atoms with Crippen molar-refractivity contribution < 1.29 is 92.9 Å². The van der Waals surface area contributed by atoms with Crippen LogP contribution in [0.15, 0.2) is 24.3 Å². The van der Waals surface area contributed by atoms with Crippen LogP contribution in [0.5, 0.6) is 5.75 Å². The number of carbonyl (C=O) groups excluding carboxylic acids is 1. The van der Waals surface area contributed by atoms with Crippen molar-refractivity contribution in [2.45, 2.75) is 41.7 Å². The molecule has 0 aliphatic heterocycles. The summed E-state index contributed by atoms with van der Waals surface area (Å²) in [6.07, 6.45) is -10.6. The van der Waals surface area contributed by atoms with E-state index in [1.807, 2.05) is 0 Å². The average Bonchev–Trinajstić information content (AvgIpc) is 2.76. The summed E-state index contributed by atoms with van der Waals surface area (Å²) in [6, 6.07) is 2.38. The minimum atomic E-state index is -8.56. The fourth-order valence-electron chi connectivity index (χ4n) is 2.15. The van der Waals surface area contributed by atoms with Crippen molar-refractivity contribution >= 4 is 22.1 Å². The Morgan fingerprint density at radius 1 is 0.750 bits per heavy atom. The van der Waals surface area contributed by atoms with Gasteiger partial charge in [-0.25, -0.2) is 4.79 Å². The Bertz CT molecular complexity index is 1220. The van der Waals surface area contributed by atoms with Crippen molar-refractivity contribution in [1.29, 1.82) is 0 Å². The molecule has 1 aromatic carbocycles. The van der Waals surface area contributed by atoms with E-state index in [0.29, 0.717) is 29.0 Å². The van der Waals surface area contributed by atoms with E-state index in [0.717, 1.165) is 0 Å². The number of ether oxygens (including phenoxy) is 1. The average molecular weight is 644 g/mol. The number of halogens is 15. The first-order valence-electron chi connectivity index (χ1n) is 8.95. The van der Waals surface area contributed by atoms with E-state index in [-0.39, 0.29) is 0 Å². The fourth-order valence-corrected chi connectivity index (χ4v) is 2.82. The van der Waals surface area contributed by atoms with E-state index in [4.69, 9.17) is 0 Å². The molecule has 0 fully saturated rings. The molecule has 0 aromatic heterocycles. The number of hydrogen-bond acceptors (Lipinski definition) is 7. The molecule has 1 N–H and O–H groups in total. The minimum absolute atomic E-state index is 0.493. The van der Waals surface area contributed by atoms with Crippen LogP contribution in [-0.4, -0.2) is 67.8 Å². The Hall–Kier alpha value is -3.41. The molecule has 0 saturated carbocycles. The van der Waals surface area contributed by atoms with Crippen LogP contribution in [-0.2, 0) is 15.0 Å². The molecule has 1 rings (SSSR count). The third-order valence-corrected chi connectivity index (χ3v) is 5.07. The number of alkyl halides is 15. The summed E-state index contributed by atoms with van der Waals surface area (Å²) in [5.74, 6) is -49.4. The SMILES string of the molecule is O=C(NS(=O)(=O)Oc1ccc([N+](=O)[O-])cc1)OCC(F)(F)C(F)(F)C(F)(F)C(F)(F)C(F)(F)C(F)(F)C(F)(F)F. The lowest BCUT2D eigenvalue weighted by Crippen LogP contribution is -2.73. The first-order valence-corrected chi connectivity index (χ1v) is 10.4. The standard InChI is InChI=1S/C15H7F15N2O7S/c16-9(17,5-38-8(33)31-40(36,37)39-7-3-1-6(2-4-7)32(34)35)10(18,19)11(20,21)12(22,23)13(24,25)14(26,27)15(28,29)30/h1-4H,5H2,(H,31,33). The third kappa shape index (κ3) is 6.01. The number of amides is 1. The molecule has 0 unspecified atom stereocenters. The summed E-state index contributed by atoms with van der Waals surface area (Å²) in [4.78, 5) is 20.8. The van der Waals surface area contributed by atoms with Crippen molar-refractivity contribution in [2.24, 2.45) is 0 Å². The van der Waals surface area contributed by atoms with Gasteiger partial charge in [0.1, 0.15) is 5.75 Å². The van der Waals surface area contributed by atoms with E-state index in [1.54, 1.807) is 0 Å². The number of nitro benzene ring substituents is 1. The second-order valence-corrected chi connectivity index (χ2v) is 8.32. The van der Waals surface area contributed by atoms with E-state index in [9.17, 15) is 89.2 Å². The predicted octanol–water partition coefficient (Wildman–Crippen LogP) is 5.32. The maximum atomic E-state index is 13.6. The zero-order chi connectivity index (χ0) is 32.0. The predicted molar refractivity (Wildman–Crippen MR) is 92.9 cm³/mol. The molecule has 0 bridgehead atoms. The van der Waals surface area contributed by atoms with Gasteiger partial charge in [0.05, 0.1) is 4.92 Å². The highest BCUT2D eigenvalue weighted by atomic mass is 32.2. The van der Waals surface area contributed by atoms with Crippen molar-refractivity contribution in [2.75, 3.05) is 6.61 Å². The van der Waals surface area contributed by atoms with Gasteiger partial charge in [0.25, 0.3) is 5.69 Å².